The third-order valence-corrected chi connectivity index (χ3v) is 6.94. The van der Waals surface area contributed by atoms with E-state index in [4.69, 9.17) is 46.8 Å². The van der Waals surface area contributed by atoms with Crippen LogP contribution in [0.2, 0.25) is 0 Å². The maximum Gasteiger partial charge on any atom is 0.297 e. The van der Waals surface area contributed by atoms with E-state index in [1.807, 2.05) is 0 Å². The largest absolute Gasteiger partial charge is 0.491 e. The zero-order chi connectivity index (χ0) is 32.1. The van der Waals surface area contributed by atoms with Gasteiger partial charge in [0.1, 0.15) is 18.6 Å². The number of benzene rings is 2. The lowest BCUT2D eigenvalue weighted by Gasteiger charge is -2.09. The Morgan fingerprint density at radius 3 is 1.18 bits per heavy atom. The van der Waals surface area contributed by atoms with Gasteiger partial charge in [0.15, 0.2) is 0 Å². The van der Waals surface area contributed by atoms with E-state index in [-0.39, 0.29) is 18.1 Å². The summed E-state index contributed by atoms with van der Waals surface area (Å²) in [5.74, 6) is 0.695. The van der Waals surface area contributed by atoms with Crippen molar-refractivity contribution in [3.05, 3.63) is 60.2 Å². The Balaban J connectivity index is 1.20. The van der Waals surface area contributed by atoms with Gasteiger partial charge in [-0.3, -0.25) is 8.98 Å². The van der Waals surface area contributed by atoms with Gasteiger partial charge < -0.3 is 42.6 Å². The minimum Gasteiger partial charge on any atom is -0.491 e. The molecule has 0 atom stereocenters. The van der Waals surface area contributed by atoms with E-state index in [9.17, 15) is 13.2 Å². The molecule has 0 unspecified atom stereocenters. The molecule has 0 aliphatic carbocycles. The van der Waals surface area contributed by atoms with E-state index < -0.39 is 10.1 Å². The molecule has 0 bridgehead atoms. The fourth-order valence-corrected chi connectivity index (χ4v) is 4.27. The third-order valence-electron chi connectivity index (χ3n) is 5.61. The van der Waals surface area contributed by atoms with E-state index in [0.717, 1.165) is 6.29 Å². The molecule has 13 nitrogen and oxygen atoms in total. The van der Waals surface area contributed by atoms with E-state index in [2.05, 4.69) is 0 Å². The van der Waals surface area contributed by atoms with E-state index >= 15 is 0 Å². The highest BCUT2D eigenvalue weighted by Gasteiger charge is 2.13. The molecule has 0 saturated heterocycles. The van der Waals surface area contributed by atoms with Gasteiger partial charge in [-0.05, 0) is 36.4 Å². The average molecular weight is 659 g/mol. The number of rotatable bonds is 31. The van der Waals surface area contributed by atoms with Gasteiger partial charge in [-0.25, -0.2) is 0 Å². The number of hydrogen-bond donors (Lipinski definition) is 0. The number of hydrogen-bond acceptors (Lipinski definition) is 13. The molecular formula is C31H46O13S. The van der Waals surface area contributed by atoms with Crippen LogP contribution in [0.1, 0.15) is 10.4 Å². The molecule has 45 heavy (non-hydrogen) atoms. The zero-order valence-electron chi connectivity index (χ0n) is 25.7. The molecular weight excluding hydrogens is 612 g/mol. The van der Waals surface area contributed by atoms with Gasteiger partial charge in [-0.15, -0.1) is 0 Å². The van der Waals surface area contributed by atoms with Gasteiger partial charge in [0.05, 0.1) is 117 Å². The monoisotopic (exact) mass is 658 g/mol. The highest BCUT2D eigenvalue weighted by atomic mass is 32.2. The van der Waals surface area contributed by atoms with Gasteiger partial charge in [-0.1, -0.05) is 18.2 Å². The molecule has 0 aromatic heterocycles. The van der Waals surface area contributed by atoms with Crippen LogP contribution in [-0.4, -0.2) is 134 Å². The second kappa shape index (κ2) is 26.7. The molecule has 0 aliphatic heterocycles. The lowest BCUT2D eigenvalue weighted by molar-refractivity contribution is -0.0240. The fourth-order valence-electron chi connectivity index (χ4n) is 3.36. The quantitative estimate of drug-likeness (QED) is 0.0665. The van der Waals surface area contributed by atoms with Crippen LogP contribution in [0, 0.1) is 0 Å². The first-order chi connectivity index (χ1) is 22.1. The van der Waals surface area contributed by atoms with Gasteiger partial charge in [0.2, 0.25) is 0 Å². The average Bonchev–Trinajstić information content (AvgIpc) is 3.06. The second-order valence-electron chi connectivity index (χ2n) is 9.02. The van der Waals surface area contributed by atoms with Crippen molar-refractivity contribution in [2.45, 2.75) is 4.90 Å². The molecule has 14 heteroatoms. The maximum atomic E-state index is 12.0. The minimum absolute atomic E-state index is 0.0615. The van der Waals surface area contributed by atoms with Gasteiger partial charge in [-0.2, -0.15) is 8.42 Å². The molecule has 0 spiro atoms. The summed E-state index contributed by atoms with van der Waals surface area (Å²) in [6.45, 7) is 7.19. The number of carbonyl (C=O) groups excluding carboxylic acids is 1. The predicted molar refractivity (Wildman–Crippen MR) is 163 cm³/mol. The topological polar surface area (TPSA) is 144 Å². The molecule has 0 fully saturated rings. The fraction of sp³-hybridized carbons (Fsp3) is 0.581. The van der Waals surface area contributed by atoms with E-state index in [1.165, 1.54) is 12.1 Å². The summed E-state index contributed by atoms with van der Waals surface area (Å²) in [6, 6.07) is 14.9. The van der Waals surface area contributed by atoms with Crippen LogP contribution >= 0.6 is 0 Å². The predicted octanol–water partition coefficient (Wildman–Crippen LogP) is 2.42. The Morgan fingerprint density at radius 2 is 0.800 bits per heavy atom. The highest BCUT2D eigenvalue weighted by molar-refractivity contribution is 7.86. The first-order valence-corrected chi connectivity index (χ1v) is 16.3. The van der Waals surface area contributed by atoms with E-state index in [0.29, 0.717) is 117 Å². The van der Waals surface area contributed by atoms with Crippen molar-refractivity contribution < 1.29 is 60.0 Å². The van der Waals surface area contributed by atoms with E-state index in [1.54, 1.807) is 42.5 Å². The first-order valence-electron chi connectivity index (χ1n) is 14.9. The van der Waals surface area contributed by atoms with Crippen LogP contribution in [0.5, 0.6) is 5.75 Å². The van der Waals surface area contributed by atoms with Crippen molar-refractivity contribution in [3.63, 3.8) is 0 Å². The summed E-state index contributed by atoms with van der Waals surface area (Å²) in [4.78, 5) is 10.7. The summed E-state index contributed by atoms with van der Waals surface area (Å²) in [6.07, 6.45) is 0.791. The highest BCUT2D eigenvalue weighted by Crippen LogP contribution is 2.11. The van der Waals surface area contributed by atoms with Crippen molar-refractivity contribution in [2.24, 2.45) is 0 Å². The van der Waals surface area contributed by atoms with Crippen LogP contribution in [-0.2, 0) is 52.2 Å². The van der Waals surface area contributed by atoms with Crippen LogP contribution in [0.3, 0.4) is 0 Å². The molecule has 0 amide bonds. The Labute approximate surface area is 266 Å². The molecule has 2 aromatic rings. The molecule has 0 aliphatic rings. The standard InChI is InChI=1S/C31H46O13S/c32-28-29-6-8-30(9-7-29)43-26-24-41-22-20-39-18-16-37-14-12-35-10-11-36-13-15-38-17-19-40-21-23-42-25-27-44-45(33,34)31-4-2-1-3-5-31/h1-9,28H,10-27H2. The summed E-state index contributed by atoms with van der Waals surface area (Å²) in [5.41, 5.74) is 0.611. The molecule has 2 aromatic carbocycles. The van der Waals surface area contributed by atoms with Crippen LogP contribution in [0.4, 0.5) is 0 Å². The normalized spacial score (nSPS) is 11.6. The van der Waals surface area contributed by atoms with Crippen LogP contribution < -0.4 is 4.74 Å². The van der Waals surface area contributed by atoms with Gasteiger partial charge in [0, 0.05) is 5.56 Å². The second-order valence-corrected chi connectivity index (χ2v) is 10.6. The van der Waals surface area contributed by atoms with Crippen LogP contribution in [0.25, 0.3) is 0 Å². The summed E-state index contributed by atoms with van der Waals surface area (Å²) < 4.78 is 77.8. The van der Waals surface area contributed by atoms with Crippen molar-refractivity contribution in [2.75, 3.05) is 119 Å². The number of ether oxygens (including phenoxy) is 9. The maximum absolute atomic E-state index is 12.0. The molecule has 0 saturated carbocycles. The van der Waals surface area contributed by atoms with Crippen molar-refractivity contribution in [1.29, 1.82) is 0 Å². The Morgan fingerprint density at radius 1 is 0.444 bits per heavy atom. The van der Waals surface area contributed by atoms with Crippen molar-refractivity contribution in [1.82, 2.24) is 0 Å². The lowest BCUT2D eigenvalue weighted by atomic mass is 10.2. The molecule has 254 valence electrons. The summed E-state index contributed by atoms with van der Waals surface area (Å²) in [7, 11) is -3.76. The molecule has 2 rings (SSSR count). The smallest absolute Gasteiger partial charge is 0.297 e. The third kappa shape index (κ3) is 21.0. The Bertz CT molecular complexity index is 1070. The first kappa shape index (κ1) is 38.7. The van der Waals surface area contributed by atoms with Gasteiger partial charge in [0.25, 0.3) is 10.1 Å². The summed E-state index contributed by atoms with van der Waals surface area (Å²) >= 11 is 0. The zero-order valence-corrected chi connectivity index (χ0v) is 26.5. The van der Waals surface area contributed by atoms with Crippen LogP contribution in [0.15, 0.2) is 59.5 Å². The molecule has 0 radical (unpaired) electrons. The minimum atomic E-state index is -3.76. The summed E-state index contributed by atoms with van der Waals surface area (Å²) in [5, 5.41) is 0. The van der Waals surface area contributed by atoms with Gasteiger partial charge >= 0.3 is 0 Å². The van der Waals surface area contributed by atoms with Crippen molar-refractivity contribution >= 4 is 16.4 Å². The number of aldehydes is 1. The molecule has 0 N–H and O–H groups in total. The molecule has 0 heterocycles. The SMILES string of the molecule is O=Cc1ccc(OCCOCCOCCOCCOCCOCCOCCOCCOCCOS(=O)(=O)c2ccccc2)cc1. The Hall–Kier alpha value is -2.50. The van der Waals surface area contributed by atoms with Crippen molar-refractivity contribution in [3.8, 4) is 5.75 Å². The number of carbonyl (C=O) groups is 1. The Kier molecular flexibility index (Phi) is 22.9. The lowest BCUT2D eigenvalue weighted by Crippen LogP contribution is -2.15.